The van der Waals surface area contributed by atoms with Crippen LogP contribution in [-0.4, -0.2) is 0 Å². The van der Waals surface area contributed by atoms with Gasteiger partial charge in [-0.2, -0.15) is 0 Å². The molecule has 0 aromatic rings. The molecule has 13 heavy (non-hydrogen) atoms. The Bertz CT molecular complexity index is 151. The van der Waals surface area contributed by atoms with Crippen LogP contribution in [0, 0.1) is 11.8 Å². The molecule has 0 aromatic heterocycles. The lowest BCUT2D eigenvalue weighted by Crippen LogP contribution is -2.00. The quantitative estimate of drug-likeness (QED) is 0.525. The van der Waals surface area contributed by atoms with Crippen LogP contribution in [0.2, 0.25) is 0 Å². The summed E-state index contributed by atoms with van der Waals surface area (Å²) in [6.45, 7) is 8.88. The zero-order chi connectivity index (χ0) is 10.1. The molecule has 0 saturated carbocycles. The molecule has 0 aliphatic carbocycles. The summed E-state index contributed by atoms with van der Waals surface area (Å²) >= 11 is 0. The first kappa shape index (κ1) is 12.5. The minimum Gasteiger partial charge on any atom is -0.0914 e. The molecule has 0 N–H and O–H groups in total. The highest BCUT2D eigenvalue weighted by molar-refractivity contribution is 4.92. The van der Waals surface area contributed by atoms with Gasteiger partial charge in [-0.25, -0.2) is 0 Å². The van der Waals surface area contributed by atoms with E-state index >= 15 is 0 Å². The van der Waals surface area contributed by atoms with Gasteiger partial charge < -0.3 is 0 Å². The molecule has 0 heterocycles. The van der Waals surface area contributed by atoms with Crippen molar-refractivity contribution in [3.8, 4) is 0 Å². The van der Waals surface area contributed by atoms with Crippen LogP contribution in [0.3, 0.4) is 0 Å². The van der Waals surface area contributed by atoms with Crippen molar-refractivity contribution in [3.63, 3.8) is 0 Å². The highest BCUT2D eigenvalue weighted by Crippen LogP contribution is 2.17. The van der Waals surface area contributed by atoms with E-state index in [1.54, 1.807) is 0 Å². The lowest BCUT2D eigenvalue weighted by atomic mass is 9.93. The van der Waals surface area contributed by atoms with Crippen LogP contribution in [0.5, 0.6) is 0 Å². The van der Waals surface area contributed by atoms with Crippen LogP contribution in [0.25, 0.3) is 0 Å². The van der Waals surface area contributed by atoms with E-state index in [0.717, 1.165) is 18.3 Å². The van der Waals surface area contributed by atoms with Gasteiger partial charge in [0.2, 0.25) is 0 Å². The molecular weight excluding hydrogens is 156 g/mol. The third kappa shape index (κ3) is 7.83. The van der Waals surface area contributed by atoms with E-state index in [-0.39, 0.29) is 0 Å². The lowest BCUT2D eigenvalue weighted by Gasteiger charge is -2.12. The third-order valence-corrected chi connectivity index (χ3v) is 2.08. The van der Waals surface area contributed by atoms with Gasteiger partial charge in [0.25, 0.3) is 0 Å². The van der Waals surface area contributed by atoms with Crippen molar-refractivity contribution < 1.29 is 0 Å². The smallest absolute Gasteiger partial charge is 0.0197 e. The maximum atomic E-state index is 2.33. The number of hydrogen-bond acceptors (Lipinski definition) is 0. The van der Waals surface area contributed by atoms with Gasteiger partial charge in [-0.15, -0.1) is 0 Å². The first-order chi connectivity index (χ1) is 6.20. The molecule has 0 rings (SSSR count). The molecular formula is C13H24. The lowest BCUT2D eigenvalue weighted by molar-refractivity contribution is 0.478. The molecule has 76 valence electrons. The van der Waals surface area contributed by atoms with Gasteiger partial charge in [-0.05, 0) is 38.0 Å². The Hall–Kier alpha value is -0.520. The second kappa shape index (κ2) is 8.10. The predicted molar refractivity (Wildman–Crippen MR) is 61.8 cm³/mol. The van der Waals surface area contributed by atoms with Crippen molar-refractivity contribution >= 4 is 0 Å². The van der Waals surface area contributed by atoms with E-state index in [0.29, 0.717) is 0 Å². The van der Waals surface area contributed by atoms with E-state index < -0.39 is 0 Å². The Balaban J connectivity index is 3.87. The van der Waals surface area contributed by atoms with Crippen LogP contribution in [0.1, 0.15) is 47.0 Å². The first-order valence-corrected chi connectivity index (χ1v) is 5.48. The summed E-state index contributed by atoms with van der Waals surface area (Å²) in [6, 6.07) is 0. The van der Waals surface area contributed by atoms with Gasteiger partial charge in [-0.3, -0.25) is 0 Å². The molecule has 0 nitrogen and oxygen atoms in total. The fourth-order valence-electron chi connectivity index (χ4n) is 1.57. The zero-order valence-corrected chi connectivity index (χ0v) is 9.59. The Morgan fingerprint density at radius 1 is 1.15 bits per heavy atom. The van der Waals surface area contributed by atoms with Crippen molar-refractivity contribution in [3.05, 3.63) is 24.3 Å². The summed E-state index contributed by atoms with van der Waals surface area (Å²) in [5, 5.41) is 0. The van der Waals surface area contributed by atoms with Gasteiger partial charge in [0.1, 0.15) is 0 Å². The molecule has 0 aliphatic heterocycles. The SMILES string of the molecule is C/C=C\C(C/C=C\CC)CC(C)C. The van der Waals surface area contributed by atoms with Gasteiger partial charge in [0.05, 0.1) is 0 Å². The Labute approximate surface area is 83.7 Å². The van der Waals surface area contributed by atoms with Crippen LogP contribution in [-0.2, 0) is 0 Å². The summed E-state index contributed by atoms with van der Waals surface area (Å²) in [5.74, 6) is 1.55. The second-order valence-electron chi connectivity index (χ2n) is 4.03. The summed E-state index contributed by atoms with van der Waals surface area (Å²) < 4.78 is 0. The highest BCUT2D eigenvalue weighted by Gasteiger charge is 2.04. The second-order valence-corrected chi connectivity index (χ2v) is 4.03. The van der Waals surface area contributed by atoms with Crippen LogP contribution >= 0.6 is 0 Å². The van der Waals surface area contributed by atoms with E-state index in [2.05, 4.69) is 52.0 Å². The van der Waals surface area contributed by atoms with E-state index in [1.807, 2.05) is 0 Å². The molecule has 0 spiro atoms. The van der Waals surface area contributed by atoms with E-state index in [4.69, 9.17) is 0 Å². The number of rotatable bonds is 6. The maximum absolute atomic E-state index is 2.33. The number of hydrogen-bond donors (Lipinski definition) is 0. The molecule has 0 aliphatic rings. The van der Waals surface area contributed by atoms with Crippen LogP contribution in [0.15, 0.2) is 24.3 Å². The third-order valence-electron chi connectivity index (χ3n) is 2.08. The highest BCUT2D eigenvalue weighted by atomic mass is 14.1. The Kier molecular flexibility index (Phi) is 7.77. The molecule has 0 fully saturated rings. The summed E-state index contributed by atoms with van der Waals surface area (Å²) in [6.07, 6.45) is 12.7. The van der Waals surface area contributed by atoms with Crippen molar-refractivity contribution in [2.24, 2.45) is 11.8 Å². The maximum Gasteiger partial charge on any atom is -0.0197 e. The fraction of sp³-hybridized carbons (Fsp3) is 0.692. The molecule has 0 heteroatoms. The average Bonchev–Trinajstić information content (AvgIpc) is 2.04. The number of allylic oxidation sites excluding steroid dienone is 4. The van der Waals surface area contributed by atoms with Crippen molar-refractivity contribution in [1.82, 2.24) is 0 Å². The fourth-order valence-corrected chi connectivity index (χ4v) is 1.57. The van der Waals surface area contributed by atoms with Gasteiger partial charge in [0, 0.05) is 0 Å². The first-order valence-electron chi connectivity index (χ1n) is 5.48. The predicted octanol–water partition coefficient (Wildman–Crippen LogP) is 4.58. The molecule has 0 amide bonds. The van der Waals surface area contributed by atoms with E-state index in [9.17, 15) is 0 Å². The van der Waals surface area contributed by atoms with Crippen LogP contribution < -0.4 is 0 Å². The van der Waals surface area contributed by atoms with Gasteiger partial charge in [-0.1, -0.05) is 45.1 Å². The monoisotopic (exact) mass is 180 g/mol. The largest absolute Gasteiger partial charge is 0.0914 e. The molecule has 1 unspecified atom stereocenters. The van der Waals surface area contributed by atoms with Crippen molar-refractivity contribution in [2.45, 2.75) is 47.0 Å². The standard InChI is InChI=1S/C13H24/c1-5-7-8-10-13(9-6-2)11-12(3)4/h6-9,12-13H,5,10-11H2,1-4H3/b8-7-,9-6-. The van der Waals surface area contributed by atoms with Crippen LogP contribution in [0.4, 0.5) is 0 Å². The zero-order valence-electron chi connectivity index (χ0n) is 9.59. The molecule has 0 radical (unpaired) electrons. The topological polar surface area (TPSA) is 0 Å². The average molecular weight is 180 g/mol. The molecule has 0 saturated heterocycles. The Morgan fingerprint density at radius 2 is 1.85 bits per heavy atom. The molecule has 0 bridgehead atoms. The summed E-state index contributed by atoms with van der Waals surface area (Å²) in [4.78, 5) is 0. The normalized spacial score (nSPS) is 14.8. The Morgan fingerprint density at radius 3 is 2.31 bits per heavy atom. The molecule has 1 atom stereocenters. The van der Waals surface area contributed by atoms with Crippen molar-refractivity contribution in [1.29, 1.82) is 0 Å². The minimum atomic E-state index is 0.743. The minimum absolute atomic E-state index is 0.743. The van der Waals surface area contributed by atoms with Crippen molar-refractivity contribution in [2.75, 3.05) is 0 Å². The molecule has 0 aromatic carbocycles. The van der Waals surface area contributed by atoms with E-state index in [1.165, 1.54) is 12.8 Å². The summed E-state index contributed by atoms with van der Waals surface area (Å²) in [5.41, 5.74) is 0. The summed E-state index contributed by atoms with van der Waals surface area (Å²) in [7, 11) is 0. The van der Waals surface area contributed by atoms with Gasteiger partial charge in [0.15, 0.2) is 0 Å². The van der Waals surface area contributed by atoms with Gasteiger partial charge >= 0.3 is 0 Å².